The Morgan fingerprint density at radius 1 is 1.05 bits per heavy atom. The molecule has 2 aromatic carbocycles. The summed E-state index contributed by atoms with van der Waals surface area (Å²) in [6, 6.07) is 7.47. The van der Waals surface area contributed by atoms with Gasteiger partial charge >= 0.3 is 0 Å². The van der Waals surface area contributed by atoms with Crippen LogP contribution in [0.5, 0.6) is 5.75 Å². The van der Waals surface area contributed by atoms with E-state index in [1.54, 1.807) is 12.1 Å². The molecule has 2 nitrogen and oxygen atoms in total. The Morgan fingerprint density at radius 2 is 1.55 bits per heavy atom. The second kappa shape index (κ2) is 6.25. The van der Waals surface area contributed by atoms with Gasteiger partial charge in [0.25, 0.3) is 0 Å². The molecule has 0 amide bonds. The monoisotopic (exact) mass is 373 g/mol. The molecule has 20 heavy (non-hydrogen) atoms. The van der Waals surface area contributed by atoms with Crippen molar-refractivity contribution in [2.24, 2.45) is 0 Å². The summed E-state index contributed by atoms with van der Waals surface area (Å²) in [5.41, 5.74) is 3.48. The van der Waals surface area contributed by atoms with Crippen LogP contribution in [-0.4, -0.2) is 5.11 Å². The van der Waals surface area contributed by atoms with E-state index in [9.17, 15) is 5.11 Å². The van der Waals surface area contributed by atoms with Gasteiger partial charge in [-0.15, -0.1) is 0 Å². The van der Waals surface area contributed by atoms with Crippen LogP contribution in [0.1, 0.15) is 16.7 Å². The number of benzene rings is 2. The van der Waals surface area contributed by atoms with Gasteiger partial charge in [0.05, 0.1) is 15.7 Å². The van der Waals surface area contributed by atoms with Crippen LogP contribution in [-0.2, 0) is 6.54 Å². The van der Waals surface area contributed by atoms with Crippen molar-refractivity contribution in [3.63, 3.8) is 0 Å². The first-order chi connectivity index (χ1) is 9.38. The molecule has 0 bridgehead atoms. The Labute approximate surface area is 136 Å². The third-order valence-electron chi connectivity index (χ3n) is 3.03. The first kappa shape index (κ1) is 15.5. The zero-order valence-electron chi connectivity index (χ0n) is 11.1. The lowest BCUT2D eigenvalue weighted by molar-refractivity contribution is 0.466. The number of nitrogens with one attached hydrogen (secondary N) is 1. The van der Waals surface area contributed by atoms with Gasteiger partial charge in [-0.3, -0.25) is 0 Å². The molecule has 2 aromatic rings. The Balaban J connectivity index is 2.21. The Hall–Kier alpha value is -0.900. The van der Waals surface area contributed by atoms with Gasteiger partial charge in [-0.2, -0.15) is 0 Å². The van der Waals surface area contributed by atoms with E-state index in [0.717, 1.165) is 21.2 Å². The van der Waals surface area contributed by atoms with E-state index in [1.165, 1.54) is 0 Å². The molecule has 0 aliphatic carbocycles. The summed E-state index contributed by atoms with van der Waals surface area (Å²) in [4.78, 5) is 0. The van der Waals surface area contributed by atoms with Gasteiger partial charge in [0.2, 0.25) is 0 Å². The average Bonchev–Trinajstić information content (AvgIpc) is 2.34. The fourth-order valence-electron chi connectivity index (χ4n) is 2.05. The summed E-state index contributed by atoms with van der Waals surface area (Å²) in [5, 5.41) is 14.1. The highest BCUT2D eigenvalue weighted by Gasteiger charge is 2.08. The fraction of sp³-hybridized carbons (Fsp3) is 0.200. The molecule has 0 unspecified atom stereocenters. The summed E-state index contributed by atoms with van der Waals surface area (Å²) in [5.74, 6) is 0.341. The molecule has 5 heteroatoms. The summed E-state index contributed by atoms with van der Waals surface area (Å²) in [6.45, 7) is 4.35. The number of hydrogen-bond acceptors (Lipinski definition) is 2. The molecule has 2 N–H and O–H groups in total. The van der Waals surface area contributed by atoms with Gasteiger partial charge in [0, 0.05) is 11.0 Å². The minimum Gasteiger partial charge on any atom is -0.507 e. The highest BCUT2D eigenvalue weighted by atomic mass is 79.9. The second-order valence-corrected chi connectivity index (χ2v) is 6.41. The molecule has 0 aliphatic heterocycles. The highest BCUT2D eigenvalue weighted by Crippen LogP contribution is 2.34. The standard InChI is InChI=1S/C15H14BrCl2NO/c1-8-3-10(4-9(2)15(8)20)7-19-14-12(17)5-11(16)6-13(14)18/h3-6,19-20H,7H2,1-2H3. The predicted molar refractivity (Wildman–Crippen MR) is 89.1 cm³/mol. The van der Waals surface area contributed by atoms with Crippen molar-refractivity contribution in [3.8, 4) is 5.75 Å². The molecule has 0 saturated heterocycles. The van der Waals surface area contributed by atoms with E-state index in [2.05, 4.69) is 21.2 Å². The maximum absolute atomic E-state index is 9.77. The molecule has 0 atom stereocenters. The third kappa shape index (κ3) is 3.40. The molecule has 2 rings (SSSR count). The lowest BCUT2D eigenvalue weighted by Crippen LogP contribution is -2.01. The number of phenols is 1. The normalized spacial score (nSPS) is 10.7. The van der Waals surface area contributed by atoms with Crippen LogP contribution < -0.4 is 5.32 Å². The molecular weight excluding hydrogens is 361 g/mol. The number of halogens is 3. The number of phenolic OH excluding ortho intramolecular Hbond substituents is 1. The third-order valence-corrected chi connectivity index (χ3v) is 4.08. The zero-order valence-corrected chi connectivity index (χ0v) is 14.2. The van der Waals surface area contributed by atoms with Crippen molar-refractivity contribution >= 4 is 44.8 Å². The van der Waals surface area contributed by atoms with E-state index in [-0.39, 0.29) is 0 Å². The first-order valence-corrected chi connectivity index (χ1v) is 7.61. The molecule has 0 aliphatic rings. The van der Waals surface area contributed by atoms with E-state index in [0.29, 0.717) is 28.0 Å². The van der Waals surface area contributed by atoms with Gasteiger partial charge < -0.3 is 10.4 Å². The number of hydrogen-bond donors (Lipinski definition) is 2. The van der Waals surface area contributed by atoms with E-state index in [4.69, 9.17) is 23.2 Å². The smallest absolute Gasteiger partial charge is 0.121 e. The van der Waals surface area contributed by atoms with Crippen molar-refractivity contribution in [3.05, 3.63) is 55.5 Å². The van der Waals surface area contributed by atoms with Crippen LogP contribution in [0.3, 0.4) is 0 Å². The minimum atomic E-state index is 0.341. The van der Waals surface area contributed by atoms with E-state index >= 15 is 0 Å². The molecule has 0 aromatic heterocycles. The largest absolute Gasteiger partial charge is 0.507 e. The predicted octanol–water partition coefficient (Wildman–Crippen LogP) is 5.69. The van der Waals surface area contributed by atoms with Gasteiger partial charge in [-0.05, 0) is 42.7 Å². The zero-order chi connectivity index (χ0) is 14.9. The van der Waals surface area contributed by atoms with Gasteiger partial charge in [0.15, 0.2) is 0 Å². The maximum Gasteiger partial charge on any atom is 0.121 e. The molecule has 0 fully saturated rings. The quantitative estimate of drug-likeness (QED) is 0.723. The lowest BCUT2D eigenvalue weighted by atomic mass is 10.1. The van der Waals surface area contributed by atoms with Crippen molar-refractivity contribution in [2.75, 3.05) is 5.32 Å². The molecule has 0 saturated carbocycles. The molecule has 0 spiro atoms. The Kier molecular flexibility index (Phi) is 4.84. The fourth-order valence-corrected chi connectivity index (χ4v) is 3.39. The number of rotatable bonds is 3. The SMILES string of the molecule is Cc1cc(CNc2c(Cl)cc(Br)cc2Cl)cc(C)c1O. The van der Waals surface area contributed by atoms with Crippen LogP contribution in [0.4, 0.5) is 5.69 Å². The summed E-state index contributed by atoms with van der Waals surface area (Å²) in [6.07, 6.45) is 0. The van der Waals surface area contributed by atoms with Crippen LogP contribution in [0.15, 0.2) is 28.7 Å². The van der Waals surface area contributed by atoms with Crippen molar-refractivity contribution in [1.29, 1.82) is 0 Å². The molecular formula is C15H14BrCl2NO. The van der Waals surface area contributed by atoms with Gasteiger partial charge in [-0.1, -0.05) is 51.3 Å². The number of aryl methyl sites for hydroxylation is 2. The second-order valence-electron chi connectivity index (χ2n) is 4.68. The van der Waals surface area contributed by atoms with Crippen LogP contribution in [0.2, 0.25) is 10.0 Å². The van der Waals surface area contributed by atoms with Gasteiger partial charge in [-0.25, -0.2) is 0 Å². The lowest BCUT2D eigenvalue weighted by Gasteiger charge is -2.13. The highest BCUT2D eigenvalue weighted by molar-refractivity contribution is 9.10. The van der Waals surface area contributed by atoms with Crippen molar-refractivity contribution in [1.82, 2.24) is 0 Å². The number of aromatic hydroxyl groups is 1. The molecule has 106 valence electrons. The average molecular weight is 375 g/mol. The topological polar surface area (TPSA) is 32.3 Å². The van der Waals surface area contributed by atoms with Crippen molar-refractivity contribution in [2.45, 2.75) is 20.4 Å². The van der Waals surface area contributed by atoms with Crippen LogP contribution in [0.25, 0.3) is 0 Å². The van der Waals surface area contributed by atoms with Gasteiger partial charge in [0.1, 0.15) is 5.75 Å². The summed E-state index contributed by atoms with van der Waals surface area (Å²) < 4.78 is 0.842. The number of anilines is 1. The molecule has 0 heterocycles. The maximum atomic E-state index is 9.77. The van der Waals surface area contributed by atoms with Crippen LogP contribution >= 0.6 is 39.1 Å². The van der Waals surface area contributed by atoms with E-state index in [1.807, 2.05) is 26.0 Å². The first-order valence-electron chi connectivity index (χ1n) is 6.06. The van der Waals surface area contributed by atoms with Crippen molar-refractivity contribution < 1.29 is 5.11 Å². The molecule has 0 radical (unpaired) electrons. The Bertz CT molecular complexity index is 612. The Morgan fingerprint density at radius 3 is 2.05 bits per heavy atom. The minimum absolute atomic E-state index is 0.341. The van der Waals surface area contributed by atoms with E-state index < -0.39 is 0 Å². The summed E-state index contributed by atoms with van der Waals surface area (Å²) >= 11 is 15.7. The summed E-state index contributed by atoms with van der Waals surface area (Å²) in [7, 11) is 0. The van der Waals surface area contributed by atoms with Crippen LogP contribution in [0, 0.1) is 13.8 Å².